The number of hydrogen-bond donors (Lipinski definition) is 1. The first-order valence-electron chi connectivity index (χ1n) is 6.20. The Morgan fingerprint density at radius 1 is 1.31 bits per heavy atom. The van der Waals surface area contributed by atoms with E-state index in [2.05, 4.69) is 43.1 Å². The first-order chi connectivity index (χ1) is 7.79. The van der Waals surface area contributed by atoms with E-state index >= 15 is 0 Å². The first-order valence-corrected chi connectivity index (χ1v) is 6.20. The van der Waals surface area contributed by atoms with Gasteiger partial charge in [0, 0.05) is 6.04 Å². The van der Waals surface area contributed by atoms with Gasteiger partial charge in [-0.3, -0.25) is 0 Å². The van der Waals surface area contributed by atoms with Crippen molar-refractivity contribution >= 4 is 0 Å². The Labute approximate surface area is 98.6 Å². The quantitative estimate of drug-likeness (QED) is 0.586. The highest BCUT2D eigenvalue weighted by Gasteiger charge is 2.29. The molecular formula is C15H21N. The Bertz CT molecular complexity index is 333. The van der Waals surface area contributed by atoms with Crippen LogP contribution < -0.4 is 5.32 Å². The maximum absolute atomic E-state index is 3.73. The third kappa shape index (κ3) is 2.73. The van der Waals surface area contributed by atoms with E-state index in [0.29, 0.717) is 0 Å². The van der Waals surface area contributed by atoms with Gasteiger partial charge in [-0.05, 0) is 44.2 Å². The molecule has 0 bridgehead atoms. The summed E-state index contributed by atoms with van der Waals surface area (Å²) in [4.78, 5) is 0. The molecule has 1 aromatic carbocycles. The van der Waals surface area contributed by atoms with E-state index in [1.54, 1.807) is 0 Å². The Hall–Kier alpha value is -1.08. The van der Waals surface area contributed by atoms with Gasteiger partial charge in [0.15, 0.2) is 0 Å². The summed E-state index contributed by atoms with van der Waals surface area (Å²) in [6, 6.07) is 9.72. The van der Waals surface area contributed by atoms with Crippen molar-refractivity contribution in [2.75, 3.05) is 6.54 Å². The van der Waals surface area contributed by atoms with Crippen LogP contribution in [0.1, 0.15) is 36.3 Å². The van der Waals surface area contributed by atoms with Gasteiger partial charge in [0.25, 0.3) is 0 Å². The van der Waals surface area contributed by atoms with E-state index in [9.17, 15) is 0 Å². The number of benzene rings is 1. The van der Waals surface area contributed by atoms with Crippen molar-refractivity contribution in [1.82, 2.24) is 5.32 Å². The van der Waals surface area contributed by atoms with Gasteiger partial charge in [-0.25, -0.2) is 0 Å². The van der Waals surface area contributed by atoms with E-state index in [1.165, 1.54) is 24.0 Å². The van der Waals surface area contributed by atoms with Gasteiger partial charge < -0.3 is 5.32 Å². The molecule has 0 unspecified atom stereocenters. The van der Waals surface area contributed by atoms with Crippen LogP contribution in [0.15, 0.2) is 36.9 Å². The molecule has 16 heavy (non-hydrogen) atoms. The second-order valence-corrected chi connectivity index (χ2v) is 4.81. The minimum atomic E-state index is 0.728. The average Bonchev–Trinajstić information content (AvgIpc) is 2.23. The zero-order valence-corrected chi connectivity index (χ0v) is 10.1. The van der Waals surface area contributed by atoms with Crippen LogP contribution >= 0.6 is 0 Å². The number of aryl methyl sites for hydroxylation is 1. The Kier molecular flexibility index (Phi) is 3.79. The van der Waals surface area contributed by atoms with Gasteiger partial charge in [-0.15, -0.1) is 6.58 Å². The summed E-state index contributed by atoms with van der Waals surface area (Å²) in [6.07, 6.45) is 5.63. The topological polar surface area (TPSA) is 12.0 Å². The van der Waals surface area contributed by atoms with Crippen molar-refractivity contribution in [1.29, 1.82) is 0 Å². The third-order valence-electron chi connectivity index (χ3n) is 3.47. The van der Waals surface area contributed by atoms with Crippen LogP contribution in [0.5, 0.6) is 0 Å². The SMILES string of the molecule is C=CCCNC1CC(c2ccc(C)cc2)C1. The Morgan fingerprint density at radius 3 is 2.62 bits per heavy atom. The normalized spacial score (nSPS) is 23.8. The zero-order valence-electron chi connectivity index (χ0n) is 10.1. The van der Waals surface area contributed by atoms with E-state index in [4.69, 9.17) is 0 Å². The molecule has 1 heteroatoms. The van der Waals surface area contributed by atoms with Gasteiger partial charge in [0.1, 0.15) is 0 Å². The predicted octanol–water partition coefficient (Wildman–Crippen LogP) is 3.41. The lowest BCUT2D eigenvalue weighted by molar-refractivity contribution is 0.293. The maximum Gasteiger partial charge on any atom is 0.00788 e. The lowest BCUT2D eigenvalue weighted by atomic mass is 9.76. The molecule has 1 aliphatic carbocycles. The van der Waals surface area contributed by atoms with Crippen LogP contribution in [-0.4, -0.2) is 12.6 Å². The van der Waals surface area contributed by atoms with Crippen molar-refractivity contribution in [3.8, 4) is 0 Å². The predicted molar refractivity (Wildman–Crippen MR) is 69.8 cm³/mol. The molecule has 0 atom stereocenters. The molecule has 0 heterocycles. The summed E-state index contributed by atoms with van der Waals surface area (Å²) >= 11 is 0. The summed E-state index contributed by atoms with van der Waals surface area (Å²) in [5, 5.41) is 3.56. The van der Waals surface area contributed by atoms with Crippen molar-refractivity contribution < 1.29 is 0 Å². The molecule has 1 N–H and O–H groups in total. The van der Waals surface area contributed by atoms with Crippen LogP contribution in [0.2, 0.25) is 0 Å². The molecule has 0 aliphatic heterocycles. The van der Waals surface area contributed by atoms with Crippen LogP contribution in [0.25, 0.3) is 0 Å². The average molecular weight is 215 g/mol. The van der Waals surface area contributed by atoms with Crippen molar-refractivity contribution in [2.24, 2.45) is 0 Å². The minimum Gasteiger partial charge on any atom is -0.314 e. The highest BCUT2D eigenvalue weighted by atomic mass is 14.9. The number of rotatable bonds is 5. The molecule has 0 aromatic heterocycles. The Balaban J connectivity index is 1.75. The zero-order chi connectivity index (χ0) is 11.4. The molecule has 0 radical (unpaired) electrons. The lowest BCUT2D eigenvalue weighted by Gasteiger charge is -2.36. The molecule has 0 spiro atoms. The van der Waals surface area contributed by atoms with Crippen LogP contribution in [-0.2, 0) is 0 Å². The third-order valence-corrected chi connectivity index (χ3v) is 3.47. The highest BCUT2D eigenvalue weighted by molar-refractivity contribution is 5.26. The Morgan fingerprint density at radius 2 is 2.00 bits per heavy atom. The maximum atomic E-state index is 3.73. The standard InChI is InChI=1S/C15H21N/c1-3-4-9-16-15-10-14(11-15)13-7-5-12(2)6-8-13/h3,5-8,14-16H,1,4,9-11H2,2H3. The minimum absolute atomic E-state index is 0.728. The van der Waals surface area contributed by atoms with E-state index in [1.807, 2.05) is 6.08 Å². The molecule has 1 aromatic rings. The van der Waals surface area contributed by atoms with E-state index in [0.717, 1.165) is 24.9 Å². The fourth-order valence-electron chi connectivity index (χ4n) is 2.28. The van der Waals surface area contributed by atoms with Crippen molar-refractivity contribution in [3.63, 3.8) is 0 Å². The van der Waals surface area contributed by atoms with Gasteiger partial charge >= 0.3 is 0 Å². The molecule has 1 fully saturated rings. The van der Waals surface area contributed by atoms with Gasteiger partial charge in [0.2, 0.25) is 0 Å². The smallest absolute Gasteiger partial charge is 0.00788 e. The van der Waals surface area contributed by atoms with Crippen molar-refractivity contribution in [3.05, 3.63) is 48.0 Å². The molecule has 1 nitrogen and oxygen atoms in total. The van der Waals surface area contributed by atoms with E-state index in [-0.39, 0.29) is 0 Å². The molecule has 1 saturated carbocycles. The second-order valence-electron chi connectivity index (χ2n) is 4.81. The van der Waals surface area contributed by atoms with Gasteiger partial charge in [0.05, 0.1) is 0 Å². The summed E-state index contributed by atoms with van der Waals surface area (Å²) in [5.74, 6) is 0.779. The number of hydrogen-bond acceptors (Lipinski definition) is 1. The molecular weight excluding hydrogens is 194 g/mol. The van der Waals surface area contributed by atoms with Crippen molar-refractivity contribution in [2.45, 2.75) is 38.1 Å². The fraction of sp³-hybridized carbons (Fsp3) is 0.467. The van der Waals surface area contributed by atoms with Gasteiger partial charge in [-0.1, -0.05) is 35.9 Å². The molecule has 86 valence electrons. The van der Waals surface area contributed by atoms with Gasteiger partial charge in [-0.2, -0.15) is 0 Å². The summed E-state index contributed by atoms with van der Waals surface area (Å²) in [5.41, 5.74) is 2.86. The molecule has 1 aliphatic rings. The molecule has 0 saturated heterocycles. The van der Waals surface area contributed by atoms with Crippen LogP contribution in [0, 0.1) is 6.92 Å². The van der Waals surface area contributed by atoms with E-state index < -0.39 is 0 Å². The molecule has 2 rings (SSSR count). The largest absolute Gasteiger partial charge is 0.314 e. The summed E-state index contributed by atoms with van der Waals surface area (Å²) < 4.78 is 0. The second kappa shape index (κ2) is 5.31. The van der Waals surface area contributed by atoms with Crippen LogP contribution in [0.3, 0.4) is 0 Å². The highest BCUT2D eigenvalue weighted by Crippen LogP contribution is 2.36. The number of nitrogens with one attached hydrogen (secondary N) is 1. The summed E-state index contributed by atoms with van der Waals surface area (Å²) in [6.45, 7) is 6.95. The van der Waals surface area contributed by atoms with Crippen LogP contribution in [0.4, 0.5) is 0 Å². The summed E-state index contributed by atoms with van der Waals surface area (Å²) in [7, 11) is 0. The fourth-order valence-corrected chi connectivity index (χ4v) is 2.28. The molecule has 0 amide bonds. The monoisotopic (exact) mass is 215 g/mol. The first kappa shape index (κ1) is 11.4. The lowest BCUT2D eigenvalue weighted by Crippen LogP contribution is -2.40.